The number of sulfonamides is 1. The van der Waals surface area contributed by atoms with E-state index >= 15 is 0 Å². The molecule has 3 rings (SSSR count). The molecule has 0 aliphatic carbocycles. The molecule has 0 atom stereocenters. The molecular formula is C18H16N2O2S. The fourth-order valence-corrected chi connectivity index (χ4v) is 4.23. The molecular weight excluding hydrogens is 308 g/mol. The van der Waals surface area contributed by atoms with Crippen molar-refractivity contribution in [1.29, 1.82) is 5.26 Å². The van der Waals surface area contributed by atoms with Crippen molar-refractivity contribution in [3.8, 4) is 6.07 Å². The van der Waals surface area contributed by atoms with Crippen molar-refractivity contribution in [2.45, 2.75) is 11.3 Å². The first kappa shape index (κ1) is 15.5. The van der Waals surface area contributed by atoms with Crippen LogP contribution in [-0.4, -0.2) is 25.8 Å². The second kappa shape index (κ2) is 6.37. The van der Waals surface area contributed by atoms with Crippen LogP contribution >= 0.6 is 0 Å². The van der Waals surface area contributed by atoms with E-state index in [9.17, 15) is 8.42 Å². The number of hydrogen-bond donors (Lipinski definition) is 0. The van der Waals surface area contributed by atoms with Crippen LogP contribution in [0.2, 0.25) is 0 Å². The molecule has 1 aliphatic heterocycles. The summed E-state index contributed by atoms with van der Waals surface area (Å²) >= 11 is 0. The Kier molecular flexibility index (Phi) is 4.28. The summed E-state index contributed by atoms with van der Waals surface area (Å²) in [6.07, 6.45) is 2.61. The molecule has 23 heavy (non-hydrogen) atoms. The molecule has 0 bridgehead atoms. The third-order valence-electron chi connectivity index (χ3n) is 3.94. The van der Waals surface area contributed by atoms with Crippen molar-refractivity contribution >= 4 is 15.6 Å². The van der Waals surface area contributed by atoms with E-state index in [2.05, 4.69) is 0 Å². The zero-order valence-electron chi connectivity index (χ0n) is 12.5. The third-order valence-corrected chi connectivity index (χ3v) is 5.87. The van der Waals surface area contributed by atoms with Crippen LogP contribution in [0.5, 0.6) is 0 Å². The standard InChI is InChI=1S/C18H16N2O2S/c19-14-17-8-4-5-9-18(17)23(21,22)20-12-10-16(11-13-20)15-6-2-1-3-7-15/h1-10H,11-13H2. The third kappa shape index (κ3) is 3.04. The van der Waals surface area contributed by atoms with Crippen LogP contribution in [0.4, 0.5) is 0 Å². The molecule has 0 N–H and O–H groups in total. The van der Waals surface area contributed by atoms with Gasteiger partial charge in [-0.05, 0) is 29.7 Å². The Bertz CT molecular complexity index is 881. The number of nitriles is 1. The Labute approximate surface area is 136 Å². The van der Waals surface area contributed by atoms with Crippen LogP contribution < -0.4 is 0 Å². The van der Waals surface area contributed by atoms with E-state index in [1.54, 1.807) is 12.1 Å². The SMILES string of the molecule is N#Cc1ccccc1S(=O)(=O)N1CC=C(c2ccccc2)CC1. The minimum atomic E-state index is -3.64. The maximum Gasteiger partial charge on any atom is 0.244 e. The van der Waals surface area contributed by atoms with Gasteiger partial charge in [-0.15, -0.1) is 0 Å². The highest BCUT2D eigenvalue weighted by Crippen LogP contribution is 2.26. The van der Waals surface area contributed by atoms with Gasteiger partial charge in [0.1, 0.15) is 6.07 Å². The van der Waals surface area contributed by atoms with Crippen molar-refractivity contribution in [2.24, 2.45) is 0 Å². The van der Waals surface area contributed by atoms with E-state index in [-0.39, 0.29) is 10.5 Å². The molecule has 2 aromatic carbocycles. The molecule has 0 unspecified atom stereocenters. The Morgan fingerprint density at radius 2 is 1.70 bits per heavy atom. The fraction of sp³-hybridized carbons (Fsp3) is 0.167. The zero-order valence-corrected chi connectivity index (χ0v) is 13.3. The largest absolute Gasteiger partial charge is 0.244 e. The van der Waals surface area contributed by atoms with E-state index in [0.29, 0.717) is 19.5 Å². The van der Waals surface area contributed by atoms with Crippen LogP contribution in [0.25, 0.3) is 5.57 Å². The molecule has 0 saturated heterocycles. The predicted molar refractivity (Wildman–Crippen MR) is 89.0 cm³/mol. The summed E-state index contributed by atoms with van der Waals surface area (Å²) in [7, 11) is -3.64. The minimum Gasteiger partial charge on any atom is -0.207 e. The summed E-state index contributed by atoms with van der Waals surface area (Å²) in [6, 6.07) is 18.3. The van der Waals surface area contributed by atoms with E-state index in [0.717, 1.165) is 11.1 Å². The topological polar surface area (TPSA) is 61.2 Å². The number of nitrogens with zero attached hydrogens (tertiary/aromatic N) is 2. The van der Waals surface area contributed by atoms with Crippen LogP contribution in [0.1, 0.15) is 17.5 Å². The fourth-order valence-electron chi connectivity index (χ4n) is 2.71. The molecule has 116 valence electrons. The quantitative estimate of drug-likeness (QED) is 0.872. The molecule has 5 heteroatoms. The van der Waals surface area contributed by atoms with E-state index in [4.69, 9.17) is 5.26 Å². The Morgan fingerprint density at radius 1 is 1.00 bits per heavy atom. The smallest absolute Gasteiger partial charge is 0.207 e. The first-order valence-electron chi connectivity index (χ1n) is 7.36. The number of benzene rings is 2. The predicted octanol–water partition coefficient (Wildman–Crippen LogP) is 3.04. The average molecular weight is 324 g/mol. The zero-order chi connectivity index (χ0) is 16.3. The average Bonchev–Trinajstić information content (AvgIpc) is 2.62. The van der Waals surface area contributed by atoms with Crippen LogP contribution in [0.3, 0.4) is 0 Å². The normalized spacial score (nSPS) is 15.7. The lowest BCUT2D eigenvalue weighted by molar-refractivity contribution is 0.441. The van der Waals surface area contributed by atoms with Crippen molar-refractivity contribution in [3.63, 3.8) is 0 Å². The van der Waals surface area contributed by atoms with Gasteiger partial charge in [0.05, 0.1) is 10.5 Å². The second-order valence-electron chi connectivity index (χ2n) is 5.32. The van der Waals surface area contributed by atoms with Crippen molar-refractivity contribution < 1.29 is 8.42 Å². The van der Waals surface area contributed by atoms with Gasteiger partial charge in [-0.3, -0.25) is 0 Å². The van der Waals surface area contributed by atoms with Gasteiger partial charge in [-0.2, -0.15) is 9.57 Å². The summed E-state index contributed by atoms with van der Waals surface area (Å²) in [5.74, 6) is 0. The summed E-state index contributed by atoms with van der Waals surface area (Å²) < 4.78 is 26.9. The highest BCUT2D eigenvalue weighted by atomic mass is 32.2. The lowest BCUT2D eigenvalue weighted by atomic mass is 10.0. The first-order valence-corrected chi connectivity index (χ1v) is 8.80. The Morgan fingerprint density at radius 3 is 2.35 bits per heavy atom. The molecule has 4 nitrogen and oxygen atoms in total. The highest BCUT2D eigenvalue weighted by Gasteiger charge is 2.28. The minimum absolute atomic E-state index is 0.0825. The highest BCUT2D eigenvalue weighted by molar-refractivity contribution is 7.89. The number of hydrogen-bond acceptors (Lipinski definition) is 3. The Hall–Kier alpha value is -2.42. The van der Waals surface area contributed by atoms with Gasteiger partial charge in [-0.25, -0.2) is 8.42 Å². The van der Waals surface area contributed by atoms with Crippen LogP contribution in [0.15, 0.2) is 65.6 Å². The van der Waals surface area contributed by atoms with Crippen LogP contribution in [-0.2, 0) is 10.0 Å². The number of rotatable bonds is 3. The maximum atomic E-state index is 12.8. The molecule has 0 aromatic heterocycles. The van der Waals surface area contributed by atoms with Crippen molar-refractivity contribution in [2.75, 3.05) is 13.1 Å². The molecule has 0 saturated carbocycles. The van der Waals surface area contributed by atoms with E-state index in [1.807, 2.05) is 42.5 Å². The molecule has 2 aromatic rings. The molecule has 0 fully saturated rings. The van der Waals surface area contributed by atoms with Gasteiger partial charge >= 0.3 is 0 Å². The van der Waals surface area contributed by atoms with Gasteiger partial charge in [0.2, 0.25) is 10.0 Å². The van der Waals surface area contributed by atoms with Gasteiger partial charge in [0, 0.05) is 13.1 Å². The Balaban J connectivity index is 1.87. The second-order valence-corrected chi connectivity index (χ2v) is 7.22. The maximum absolute atomic E-state index is 12.8. The van der Waals surface area contributed by atoms with Gasteiger partial charge in [0.15, 0.2) is 0 Å². The van der Waals surface area contributed by atoms with E-state index in [1.165, 1.54) is 16.4 Å². The van der Waals surface area contributed by atoms with E-state index < -0.39 is 10.0 Å². The summed E-state index contributed by atoms with van der Waals surface area (Å²) in [5, 5.41) is 9.13. The summed E-state index contributed by atoms with van der Waals surface area (Å²) in [4.78, 5) is 0.0825. The monoisotopic (exact) mass is 324 g/mol. The molecule has 0 radical (unpaired) electrons. The van der Waals surface area contributed by atoms with Crippen molar-refractivity contribution in [3.05, 3.63) is 71.8 Å². The van der Waals surface area contributed by atoms with Gasteiger partial charge in [0.25, 0.3) is 0 Å². The summed E-state index contributed by atoms with van der Waals surface area (Å²) in [5.41, 5.74) is 2.47. The lowest BCUT2D eigenvalue weighted by Crippen LogP contribution is -2.35. The first-order chi connectivity index (χ1) is 11.1. The van der Waals surface area contributed by atoms with Crippen molar-refractivity contribution in [1.82, 2.24) is 4.31 Å². The summed E-state index contributed by atoms with van der Waals surface area (Å²) in [6.45, 7) is 0.745. The van der Waals surface area contributed by atoms with Crippen LogP contribution in [0, 0.1) is 11.3 Å². The molecule has 0 spiro atoms. The molecule has 0 amide bonds. The molecule has 1 aliphatic rings. The molecule has 1 heterocycles. The van der Waals surface area contributed by atoms with Gasteiger partial charge < -0.3 is 0 Å². The van der Waals surface area contributed by atoms with Gasteiger partial charge in [-0.1, -0.05) is 48.5 Å². The lowest BCUT2D eigenvalue weighted by Gasteiger charge is -2.26.